The minimum atomic E-state index is -2.90. The number of nitrogens with zero attached hydrogens (tertiary/aromatic N) is 3. The highest BCUT2D eigenvalue weighted by Gasteiger charge is 2.26. The number of pyridine rings is 1. The molecule has 2 aromatic heterocycles. The van der Waals surface area contributed by atoms with E-state index in [9.17, 15) is 13.6 Å². The summed E-state index contributed by atoms with van der Waals surface area (Å²) in [6, 6.07) is 7.37. The molecule has 1 aromatic carbocycles. The number of fused-ring (bicyclic) bond motifs is 1. The predicted molar refractivity (Wildman–Crippen MR) is 112 cm³/mol. The number of amides is 1. The summed E-state index contributed by atoms with van der Waals surface area (Å²) >= 11 is 0. The number of carbonyl (C=O) groups excluding carboxylic acids is 1. The van der Waals surface area contributed by atoms with E-state index in [0.29, 0.717) is 11.2 Å². The summed E-state index contributed by atoms with van der Waals surface area (Å²) in [6.07, 6.45) is 4.66. The Morgan fingerprint density at radius 1 is 1.27 bits per heavy atom. The molecule has 8 heteroatoms. The first-order valence-corrected chi connectivity index (χ1v) is 10.1. The van der Waals surface area contributed by atoms with Crippen molar-refractivity contribution < 1.29 is 13.6 Å². The third-order valence-corrected chi connectivity index (χ3v) is 5.39. The average molecular weight is 413 g/mol. The number of piperidine rings is 1. The molecule has 30 heavy (non-hydrogen) atoms. The average Bonchev–Trinajstić information content (AvgIpc) is 3.13. The first-order valence-electron chi connectivity index (χ1n) is 10.1. The Morgan fingerprint density at radius 2 is 2.03 bits per heavy atom. The molecule has 0 unspecified atom stereocenters. The first kappa shape index (κ1) is 20.4. The van der Waals surface area contributed by atoms with Crippen LogP contribution in [0.25, 0.3) is 21.9 Å². The van der Waals surface area contributed by atoms with E-state index in [1.165, 1.54) is 0 Å². The van der Waals surface area contributed by atoms with Gasteiger partial charge in [-0.3, -0.25) is 9.48 Å². The highest BCUT2D eigenvalue weighted by atomic mass is 19.3. The molecule has 158 valence electrons. The van der Waals surface area contributed by atoms with Crippen LogP contribution in [-0.2, 0) is 18.3 Å². The number of benzene rings is 1. The second-order valence-electron chi connectivity index (χ2n) is 8.05. The number of aryl methyl sites for hydroxylation is 1. The maximum absolute atomic E-state index is 13.8. The van der Waals surface area contributed by atoms with Crippen molar-refractivity contribution in [2.24, 2.45) is 13.0 Å². The molecule has 0 spiro atoms. The monoisotopic (exact) mass is 413 g/mol. The van der Waals surface area contributed by atoms with Crippen LogP contribution in [0.2, 0.25) is 0 Å². The van der Waals surface area contributed by atoms with Crippen molar-refractivity contribution in [3.05, 3.63) is 42.4 Å². The van der Waals surface area contributed by atoms with Crippen molar-refractivity contribution in [3.8, 4) is 11.1 Å². The van der Waals surface area contributed by atoms with Crippen molar-refractivity contribution in [2.75, 3.05) is 18.4 Å². The number of halogens is 2. The van der Waals surface area contributed by atoms with Crippen molar-refractivity contribution in [1.29, 1.82) is 0 Å². The van der Waals surface area contributed by atoms with Crippen LogP contribution < -0.4 is 10.6 Å². The number of hydrogen-bond acceptors (Lipinski definition) is 4. The summed E-state index contributed by atoms with van der Waals surface area (Å²) in [5, 5.41) is 11.7. The molecule has 1 amide bonds. The molecule has 0 saturated carbocycles. The van der Waals surface area contributed by atoms with Crippen LogP contribution in [-0.4, -0.2) is 39.7 Å². The summed E-state index contributed by atoms with van der Waals surface area (Å²) in [4.78, 5) is 17.0. The molecule has 0 aliphatic carbocycles. The second-order valence-corrected chi connectivity index (χ2v) is 8.05. The van der Waals surface area contributed by atoms with Crippen LogP contribution in [0.1, 0.15) is 25.5 Å². The Morgan fingerprint density at radius 3 is 2.70 bits per heavy atom. The zero-order valence-electron chi connectivity index (χ0n) is 17.1. The van der Waals surface area contributed by atoms with Gasteiger partial charge in [-0.2, -0.15) is 5.10 Å². The lowest BCUT2D eigenvalue weighted by Crippen LogP contribution is -2.34. The third-order valence-electron chi connectivity index (χ3n) is 5.39. The lowest BCUT2D eigenvalue weighted by atomic mass is 9.97. The SMILES string of the molecule is Cn1cc(-c2ccc3c(CC(C)(F)F)nc(NC(=O)C4CCNCC4)cc3c2)cn1. The van der Waals surface area contributed by atoms with E-state index in [2.05, 4.69) is 20.7 Å². The van der Waals surface area contributed by atoms with Gasteiger partial charge >= 0.3 is 0 Å². The predicted octanol–water partition coefficient (Wildman–Crippen LogP) is 3.77. The number of aromatic nitrogens is 3. The van der Waals surface area contributed by atoms with Gasteiger partial charge in [-0.05, 0) is 55.9 Å². The molecule has 4 rings (SSSR count). The van der Waals surface area contributed by atoms with Crippen LogP contribution in [0.4, 0.5) is 14.6 Å². The Balaban J connectivity index is 1.72. The van der Waals surface area contributed by atoms with Crippen molar-refractivity contribution in [2.45, 2.75) is 32.1 Å². The topological polar surface area (TPSA) is 71.8 Å². The Kier molecular flexibility index (Phi) is 5.51. The van der Waals surface area contributed by atoms with Crippen LogP contribution >= 0.6 is 0 Å². The number of anilines is 1. The highest BCUT2D eigenvalue weighted by molar-refractivity contribution is 5.96. The minimum Gasteiger partial charge on any atom is -0.317 e. The fourth-order valence-corrected chi connectivity index (χ4v) is 3.89. The lowest BCUT2D eigenvalue weighted by molar-refractivity contribution is -0.120. The molecule has 0 radical (unpaired) electrons. The normalized spacial score (nSPS) is 15.5. The number of carbonyl (C=O) groups is 1. The number of rotatable bonds is 5. The van der Waals surface area contributed by atoms with Crippen LogP contribution in [0.15, 0.2) is 36.7 Å². The molecule has 3 heterocycles. The zero-order valence-corrected chi connectivity index (χ0v) is 17.1. The van der Waals surface area contributed by atoms with E-state index in [1.54, 1.807) is 16.9 Å². The van der Waals surface area contributed by atoms with Crippen molar-refractivity contribution >= 4 is 22.5 Å². The molecule has 1 fully saturated rings. The first-order chi connectivity index (χ1) is 14.3. The van der Waals surface area contributed by atoms with Gasteiger partial charge in [-0.1, -0.05) is 12.1 Å². The van der Waals surface area contributed by atoms with Crippen molar-refractivity contribution in [1.82, 2.24) is 20.1 Å². The van der Waals surface area contributed by atoms with Crippen molar-refractivity contribution in [3.63, 3.8) is 0 Å². The van der Waals surface area contributed by atoms with Gasteiger partial charge in [-0.15, -0.1) is 0 Å². The van der Waals surface area contributed by atoms with E-state index >= 15 is 0 Å². The third kappa shape index (κ3) is 4.64. The fourth-order valence-electron chi connectivity index (χ4n) is 3.89. The van der Waals surface area contributed by atoms with Gasteiger partial charge in [0.1, 0.15) is 5.82 Å². The summed E-state index contributed by atoms with van der Waals surface area (Å²) in [5.74, 6) is -2.80. The number of nitrogens with one attached hydrogen (secondary N) is 2. The largest absolute Gasteiger partial charge is 0.317 e. The second kappa shape index (κ2) is 8.10. The number of hydrogen-bond donors (Lipinski definition) is 2. The maximum atomic E-state index is 13.8. The molecule has 3 aromatic rings. The standard InChI is InChI=1S/C22H25F2N5O/c1-22(23,24)11-19-18-4-3-15(17-12-26-29(2)13-17)9-16(18)10-20(27-19)28-21(30)14-5-7-25-8-6-14/h3-4,9-10,12-14,25H,5-8,11H2,1-2H3,(H,27,28,30). The van der Waals surface area contributed by atoms with E-state index in [0.717, 1.165) is 49.4 Å². The zero-order chi connectivity index (χ0) is 21.3. The van der Waals surface area contributed by atoms with E-state index in [1.807, 2.05) is 31.4 Å². The minimum absolute atomic E-state index is 0.0958. The Labute approximate surface area is 173 Å². The lowest BCUT2D eigenvalue weighted by Gasteiger charge is -2.22. The van der Waals surface area contributed by atoms with Crippen LogP contribution in [0.3, 0.4) is 0 Å². The van der Waals surface area contributed by atoms with Gasteiger partial charge in [0, 0.05) is 30.1 Å². The molecule has 1 aliphatic rings. The Bertz CT molecular complexity index is 1070. The summed E-state index contributed by atoms with van der Waals surface area (Å²) in [7, 11) is 1.84. The summed E-state index contributed by atoms with van der Waals surface area (Å²) < 4.78 is 29.4. The quantitative estimate of drug-likeness (QED) is 0.668. The molecule has 1 aliphatic heterocycles. The van der Waals surface area contributed by atoms with Gasteiger partial charge in [0.05, 0.1) is 18.3 Å². The molecular weight excluding hydrogens is 388 g/mol. The summed E-state index contributed by atoms with van der Waals surface area (Å²) in [5.41, 5.74) is 2.13. The highest BCUT2D eigenvalue weighted by Crippen LogP contribution is 2.30. The van der Waals surface area contributed by atoms with Gasteiger partial charge in [0.15, 0.2) is 0 Å². The molecule has 0 atom stereocenters. The molecular formula is C22H25F2N5O. The summed E-state index contributed by atoms with van der Waals surface area (Å²) in [6.45, 7) is 2.47. The van der Waals surface area contributed by atoms with E-state index in [4.69, 9.17) is 0 Å². The number of alkyl halides is 2. The molecule has 6 nitrogen and oxygen atoms in total. The molecule has 2 N–H and O–H groups in total. The van der Waals surface area contributed by atoms with Crippen LogP contribution in [0.5, 0.6) is 0 Å². The smallest absolute Gasteiger partial charge is 0.250 e. The van der Waals surface area contributed by atoms with Crippen LogP contribution in [0, 0.1) is 5.92 Å². The molecule has 0 bridgehead atoms. The fraction of sp³-hybridized carbons (Fsp3) is 0.409. The van der Waals surface area contributed by atoms with Gasteiger partial charge in [0.25, 0.3) is 5.92 Å². The Hall–Kier alpha value is -2.87. The van der Waals surface area contributed by atoms with E-state index < -0.39 is 12.3 Å². The van der Waals surface area contributed by atoms with Gasteiger partial charge in [-0.25, -0.2) is 13.8 Å². The van der Waals surface area contributed by atoms with E-state index in [-0.39, 0.29) is 17.5 Å². The van der Waals surface area contributed by atoms with Gasteiger partial charge in [0.2, 0.25) is 5.91 Å². The van der Waals surface area contributed by atoms with Gasteiger partial charge < -0.3 is 10.6 Å². The molecule has 1 saturated heterocycles. The maximum Gasteiger partial charge on any atom is 0.250 e.